The number of carbonyl (C=O) groups excluding carboxylic acids is 1. The summed E-state index contributed by atoms with van der Waals surface area (Å²) in [5.41, 5.74) is 1.42. The molecule has 1 heterocycles. The highest BCUT2D eigenvalue weighted by atomic mass is 16.3. The van der Waals surface area contributed by atoms with Gasteiger partial charge in [0.05, 0.1) is 11.8 Å². The van der Waals surface area contributed by atoms with Gasteiger partial charge in [-0.15, -0.1) is 0 Å². The van der Waals surface area contributed by atoms with Crippen LogP contribution >= 0.6 is 0 Å². The molecule has 0 atom stereocenters. The first kappa shape index (κ1) is 10.2. The average molecular weight is 217 g/mol. The smallest absolute Gasteiger partial charge is 0.254 e. The van der Waals surface area contributed by atoms with Gasteiger partial charge in [-0.3, -0.25) is 9.89 Å². The molecule has 2 rings (SSSR count). The maximum Gasteiger partial charge on any atom is 0.254 e. The number of amides is 1. The van der Waals surface area contributed by atoms with Crippen LogP contribution in [0.4, 0.5) is 0 Å². The van der Waals surface area contributed by atoms with Gasteiger partial charge in [0, 0.05) is 12.7 Å². The number of aromatic hydroxyl groups is 1. The molecule has 82 valence electrons. The minimum Gasteiger partial charge on any atom is -0.508 e. The van der Waals surface area contributed by atoms with Crippen molar-refractivity contribution in [3.63, 3.8) is 0 Å². The molecule has 5 heteroatoms. The number of nitrogens with one attached hydrogen (secondary N) is 2. The Morgan fingerprint density at radius 1 is 1.38 bits per heavy atom. The van der Waals surface area contributed by atoms with Gasteiger partial charge >= 0.3 is 0 Å². The van der Waals surface area contributed by atoms with Gasteiger partial charge in [-0.25, -0.2) is 0 Å². The van der Waals surface area contributed by atoms with E-state index < -0.39 is 0 Å². The average Bonchev–Trinajstić information content (AvgIpc) is 2.81. The van der Waals surface area contributed by atoms with Crippen LogP contribution in [0.2, 0.25) is 0 Å². The third-order valence-electron chi connectivity index (χ3n) is 2.15. The first-order valence-electron chi connectivity index (χ1n) is 4.80. The Morgan fingerprint density at radius 2 is 2.12 bits per heavy atom. The highest BCUT2D eigenvalue weighted by molar-refractivity contribution is 5.93. The third-order valence-corrected chi connectivity index (χ3v) is 2.15. The molecule has 16 heavy (non-hydrogen) atoms. The van der Waals surface area contributed by atoms with E-state index in [1.807, 2.05) is 0 Å². The van der Waals surface area contributed by atoms with Crippen LogP contribution in [0, 0.1) is 0 Å². The number of H-pyrrole nitrogens is 1. The summed E-state index contributed by atoms with van der Waals surface area (Å²) in [6.45, 7) is 0.421. The van der Waals surface area contributed by atoms with Crippen molar-refractivity contribution in [1.82, 2.24) is 15.5 Å². The predicted molar refractivity (Wildman–Crippen MR) is 57.9 cm³/mol. The van der Waals surface area contributed by atoms with Crippen LogP contribution in [0.5, 0.6) is 5.75 Å². The molecule has 0 spiro atoms. The second-order valence-corrected chi connectivity index (χ2v) is 3.34. The van der Waals surface area contributed by atoms with Gasteiger partial charge < -0.3 is 10.4 Å². The summed E-state index contributed by atoms with van der Waals surface area (Å²) < 4.78 is 0. The topological polar surface area (TPSA) is 78.0 Å². The summed E-state index contributed by atoms with van der Waals surface area (Å²) in [6.07, 6.45) is 3.00. The Balaban J connectivity index is 1.93. The molecule has 0 aliphatic rings. The fourth-order valence-electron chi connectivity index (χ4n) is 1.27. The number of nitrogens with zero attached hydrogens (tertiary/aromatic N) is 1. The SMILES string of the molecule is O=C(NCc1ccc(O)cc1)c1cn[nH]c1. The van der Waals surface area contributed by atoms with E-state index >= 15 is 0 Å². The highest BCUT2D eigenvalue weighted by Gasteiger charge is 2.05. The van der Waals surface area contributed by atoms with E-state index in [1.54, 1.807) is 24.3 Å². The van der Waals surface area contributed by atoms with Crippen LogP contribution in [0.25, 0.3) is 0 Å². The van der Waals surface area contributed by atoms with Crippen molar-refractivity contribution >= 4 is 5.91 Å². The molecular weight excluding hydrogens is 206 g/mol. The van der Waals surface area contributed by atoms with E-state index in [0.29, 0.717) is 12.1 Å². The van der Waals surface area contributed by atoms with Crippen molar-refractivity contribution < 1.29 is 9.90 Å². The standard InChI is InChI=1S/C11H11N3O2/c15-10-3-1-8(2-4-10)5-12-11(16)9-6-13-14-7-9/h1-4,6-7,15H,5H2,(H,12,16)(H,13,14). The van der Waals surface area contributed by atoms with Crippen LogP contribution in [-0.2, 0) is 6.54 Å². The van der Waals surface area contributed by atoms with E-state index in [2.05, 4.69) is 15.5 Å². The Hall–Kier alpha value is -2.30. The van der Waals surface area contributed by atoms with Gasteiger partial charge in [0.25, 0.3) is 5.91 Å². The zero-order valence-electron chi connectivity index (χ0n) is 8.47. The molecule has 0 radical (unpaired) electrons. The number of aromatic nitrogens is 2. The van der Waals surface area contributed by atoms with Crippen LogP contribution in [0.3, 0.4) is 0 Å². The zero-order chi connectivity index (χ0) is 11.4. The summed E-state index contributed by atoms with van der Waals surface area (Å²) in [5, 5.41) is 18.1. The van der Waals surface area contributed by atoms with Crippen molar-refractivity contribution in [2.45, 2.75) is 6.54 Å². The molecule has 0 fully saturated rings. The van der Waals surface area contributed by atoms with Crippen LogP contribution in [0.15, 0.2) is 36.7 Å². The maximum absolute atomic E-state index is 11.5. The van der Waals surface area contributed by atoms with E-state index in [1.165, 1.54) is 12.4 Å². The number of phenolic OH excluding ortho intramolecular Hbond substituents is 1. The van der Waals surface area contributed by atoms with Crippen LogP contribution in [0.1, 0.15) is 15.9 Å². The molecule has 3 N–H and O–H groups in total. The van der Waals surface area contributed by atoms with E-state index in [4.69, 9.17) is 5.11 Å². The van der Waals surface area contributed by atoms with E-state index in [0.717, 1.165) is 5.56 Å². The predicted octanol–water partition coefficient (Wildman–Crippen LogP) is 1.05. The number of phenols is 1. The molecule has 0 saturated carbocycles. The monoisotopic (exact) mass is 217 g/mol. The molecule has 2 aromatic rings. The lowest BCUT2D eigenvalue weighted by molar-refractivity contribution is 0.0951. The lowest BCUT2D eigenvalue weighted by Gasteiger charge is -2.03. The van der Waals surface area contributed by atoms with E-state index in [9.17, 15) is 4.79 Å². The minimum absolute atomic E-state index is 0.179. The van der Waals surface area contributed by atoms with Crippen molar-refractivity contribution in [3.05, 3.63) is 47.8 Å². The van der Waals surface area contributed by atoms with Crippen LogP contribution in [-0.4, -0.2) is 21.2 Å². The second-order valence-electron chi connectivity index (χ2n) is 3.34. The third kappa shape index (κ3) is 2.38. The highest BCUT2D eigenvalue weighted by Crippen LogP contribution is 2.09. The number of aromatic amines is 1. The summed E-state index contributed by atoms with van der Waals surface area (Å²) in [7, 11) is 0. The number of hydrogen-bond donors (Lipinski definition) is 3. The lowest BCUT2D eigenvalue weighted by Crippen LogP contribution is -2.22. The molecule has 0 aliphatic carbocycles. The summed E-state index contributed by atoms with van der Waals surface area (Å²) >= 11 is 0. The zero-order valence-corrected chi connectivity index (χ0v) is 8.47. The van der Waals surface area contributed by atoms with Gasteiger partial charge in [0.15, 0.2) is 0 Å². The number of rotatable bonds is 3. The first-order valence-corrected chi connectivity index (χ1v) is 4.80. The van der Waals surface area contributed by atoms with Crippen molar-refractivity contribution in [2.24, 2.45) is 0 Å². The minimum atomic E-state index is -0.179. The Kier molecular flexibility index (Phi) is 2.86. The van der Waals surface area contributed by atoms with Crippen molar-refractivity contribution in [3.8, 4) is 5.75 Å². The fraction of sp³-hybridized carbons (Fsp3) is 0.0909. The molecule has 1 aromatic heterocycles. The van der Waals surface area contributed by atoms with Gasteiger partial charge in [0.2, 0.25) is 0 Å². The van der Waals surface area contributed by atoms with Crippen molar-refractivity contribution in [2.75, 3.05) is 0 Å². The number of hydrogen-bond acceptors (Lipinski definition) is 3. The molecule has 0 bridgehead atoms. The molecule has 0 unspecified atom stereocenters. The lowest BCUT2D eigenvalue weighted by atomic mass is 10.2. The summed E-state index contributed by atoms with van der Waals surface area (Å²) in [5.74, 6) is 0.0340. The fourth-order valence-corrected chi connectivity index (χ4v) is 1.27. The van der Waals surface area contributed by atoms with Crippen LogP contribution < -0.4 is 5.32 Å². The molecule has 1 amide bonds. The Bertz CT molecular complexity index is 462. The van der Waals surface area contributed by atoms with Gasteiger partial charge in [-0.1, -0.05) is 12.1 Å². The Morgan fingerprint density at radius 3 is 2.75 bits per heavy atom. The second kappa shape index (κ2) is 4.48. The van der Waals surface area contributed by atoms with Gasteiger partial charge in [0.1, 0.15) is 5.75 Å². The Labute approximate surface area is 92.1 Å². The quantitative estimate of drug-likeness (QED) is 0.719. The van der Waals surface area contributed by atoms with E-state index in [-0.39, 0.29) is 11.7 Å². The normalized spacial score (nSPS) is 10.0. The summed E-state index contributed by atoms with van der Waals surface area (Å²) in [6, 6.07) is 6.68. The molecule has 0 saturated heterocycles. The molecule has 5 nitrogen and oxygen atoms in total. The largest absolute Gasteiger partial charge is 0.508 e. The van der Waals surface area contributed by atoms with Crippen molar-refractivity contribution in [1.29, 1.82) is 0 Å². The first-order chi connectivity index (χ1) is 7.75. The maximum atomic E-state index is 11.5. The molecule has 1 aromatic carbocycles. The molecular formula is C11H11N3O2. The number of carbonyl (C=O) groups is 1. The van der Waals surface area contributed by atoms with Gasteiger partial charge in [-0.05, 0) is 17.7 Å². The van der Waals surface area contributed by atoms with Gasteiger partial charge in [-0.2, -0.15) is 5.10 Å². The molecule has 0 aliphatic heterocycles. The number of benzene rings is 1. The summed E-state index contributed by atoms with van der Waals surface area (Å²) in [4.78, 5) is 11.5.